The Kier molecular flexibility index (Phi) is 8.52. The van der Waals surface area contributed by atoms with Gasteiger partial charge in [0.1, 0.15) is 5.82 Å². The quantitative estimate of drug-likeness (QED) is 0.124. The topological polar surface area (TPSA) is 48.5 Å². The van der Waals surface area contributed by atoms with Crippen LogP contribution in [-0.4, -0.2) is 24.1 Å². The first-order valence-corrected chi connectivity index (χ1v) is 23.1. The molecule has 0 aliphatic carbocycles. The van der Waals surface area contributed by atoms with Crippen LogP contribution in [0.3, 0.4) is 0 Å². The van der Waals surface area contributed by atoms with Gasteiger partial charge in [0.05, 0.1) is 22.1 Å². The zero-order valence-corrected chi connectivity index (χ0v) is 36.8. The van der Waals surface area contributed by atoms with Gasteiger partial charge in [-0.2, -0.15) is 0 Å². The van der Waals surface area contributed by atoms with E-state index in [-0.39, 0.29) is 0 Å². The van der Waals surface area contributed by atoms with Crippen molar-refractivity contribution in [3.63, 3.8) is 0 Å². The van der Waals surface area contributed by atoms with Crippen molar-refractivity contribution in [2.24, 2.45) is 0 Å². The van der Waals surface area contributed by atoms with Crippen LogP contribution in [0.1, 0.15) is 0 Å². The molecule has 0 radical (unpaired) electrons. The summed E-state index contributed by atoms with van der Waals surface area (Å²) < 4.78 is 4.56. The molecule has 5 heteroatoms. The molecule has 0 spiro atoms. The summed E-state index contributed by atoms with van der Waals surface area (Å²) in [4.78, 5) is 16.0. The maximum atomic E-state index is 5.55. The third-order valence-electron chi connectivity index (χ3n) is 13.8. The molecule has 68 heavy (non-hydrogen) atoms. The molecule has 316 valence electrons. The van der Waals surface area contributed by atoms with Crippen molar-refractivity contribution in [2.45, 2.75) is 0 Å². The Labute approximate surface area is 391 Å². The fraction of sp³-hybridized carbons (Fsp3) is 0. The van der Waals surface area contributed by atoms with E-state index in [1.807, 2.05) is 12.4 Å². The maximum absolute atomic E-state index is 5.55. The van der Waals surface area contributed by atoms with Crippen LogP contribution in [0.4, 0.5) is 0 Å². The second kappa shape index (κ2) is 15.2. The maximum Gasteiger partial charge on any atom is 0.235 e. The fourth-order valence-corrected chi connectivity index (χ4v) is 10.7. The van der Waals surface area contributed by atoms with E-state index in [1.165, 1.54) is 60.0 Å². The van der Waals surface area contributed by atoms with Crippen molar-refractivity contribution in [3.05, 3.63) is 237 Å². The first-order valence-electron chi connectivity index (χ1n) is 23.1. The molecule has 0 N–H and O–H groups in total. The number of hydrogen-bond donors (Lipinski definition) is 0. The van der Waals surface area contributed by atoms with Crippen LogP contribution in [0.15, 0.2) is 237 Å². The molecule has 3 aromatic heterocycles. The summed E-state index contributed by atoms with van der Waals surface area (Å²) in [5.74, 6) is 1.34. The molecule has 14 rings (SSSR count). The normalized spacial score (nSPS) is 11.8. The van der Waals surface area contributed by atoms with Gasteiger partial charge in [0.15, 0.2) is 0 Å². The zero-order valence-electron chi connectivity index (χ0n) is 36.8. The van der Waals surface area contributed by atoms with Crippen molar-refractivity contribution in [1.82, 2.24) is 24.1 Å². The third kappa shape index (κ3) is 5.93. The van der Waals surface area contributed by atoms with Crippen LogP contribution >= 0.6 is 0 Å². The van der Waals surface area contributed by atoms with Gasteiger partial charge < -0.3 is 4.57 Å². The Morgan fingerprint density at radius 3 is 1.35 bits per heavy atom. The van der Waals surface area contributed by atoms with Gasteiger partial charge in [-0.3, -0.25) is 4.57 Å². The summed E-state index contributed by atoms with van der Waals surface area (Å²) in [6.07, 6.45) is 3.96. The lowest BCUT2D eigenvalue weighted by Crippen LogP contribution is -2.04. The van der Waals surface area contributed by atoms with Crippen LogP contribution in [0.25, 0.3) is 132 Å². The van der Waals surface area contributed by atoms with Gasteiger partial charge in [0.2, 0.25) is 5.95 Å². The molecule has 0 aliphatic rings. The number of benzene rings is 11. The lowest BCUT2D eigenvalue weighted by Gasteiger charge is -2.14. The highest BCUT2D eigenvalue weighted by molar-refractivity contribution is 6.24. The van der Waals surface area contributed by atoms with Gasteiger partial charge in [-0.25, -0.2) is 15.0 Å². The Hall–Kier alpha value is -9.19. The van der Waals surface area contributed by atoms with E-state index in [0.717, 1.165) is 66.4 Å². The SMILES string of the molecule is c1ccc(-c2ccc3c(c2)c2cc(-c4ccccc4)ccc2n3-c2ccc(-c3nc4c5ccccc5c5ccccc5c4n3-c3ncc(-c4c5ccccc5cc5ccccc45)cn3)cc2)cc1. The molecule has 14 aromatic rings. The molecule has 11 aromatic carbocycles. The highest BCUT2D eigenvalue weighted by Gasteiger charge is 2.23. The van der Waals surface area contributed by atoms with Crippen LogP contribution < -0.4 is 0 Å². The Balaban J connectivity index is 0.963. The summed E-state index contributed by atoms with van der Waals surface area (Å²) in [6, 6.07) is 80.4. The summed E-state index contributed by atoms with van der Waals surface area (Å²) >= 11 is 0. The van der Waals surface area contributed by atoms with E-state index in [4.69, 9.17) is 15.0 Å². The van der Waals surface area contributed by atoms with Crippen molar-refractivity contribution in [3.8, 4) is 56.4 Å². The van der Waals surface area contributed by atoms with Crippen LogP contribution in [0.2, 0.25) is 0 Å². The van der Waals surface area contributed by atoms with Gasteiger partial charge in [-0.05, 0) is 109 Å². The molecule has 0 aliphatic heterocycles. The predicted octanol–water partition coefficient (Wildman–Crippen LogP) is 16.2. The Morgan fingerprint density at radius 2 is 0.779 bits per heavy atom. The van der Waals surface area contributed by atoms with Crippen LogP contribution in [-0.2, 0) is 0 Å². The highest BCUT2D eigenvalue weighted by Crippen LogP contribution is 2.42. The third-order valence-corrected chi connectivity index (χ3v) is 13.8. The average Bonchev–Trinajstić information content (AvgIpc) is 3.98. The van der Waals surface area contributed by atoms with Gasteiger partial charge in [-0.1, -0.05) is 170 Å². The molecule has 0 fully saturated rings. The molecule has 0 amide bonds. The summed E-state index contributed by atoms with van der Waals surface area (Å²) in [6.45, 7) is 0. The van der Waals surface area contributed by atoms with Crippen molar-refractivity contribution < 1.29 is 0 Å². The molecule has 0 saturated heterocycles. The van der Waals surface area contributed by atoms with E-state index >= 15 is 0 Å². The van der Waals surface area contributed by atoms with Crippen LogP contribution in [0.5, 0.6) is 0 Å². The predicted molar refractivity (Wildman–Crippen MR) is 283 cm³/mol. The molecular formula is C63H39N5. The summed E-state index contributed by atoms with van der Waals surface area (Å²) in [5, 5.41) is 11.6. The highest BCUT2D eigenvalue weighted by atomic mass is 15.2. The Morgan fingerprint density at radius 1 is 0.309 bits per heavy atom. The summed E-state index contributed by atoms with van der Waals surface area (Å²) in [7, 11) is 0. The Bertz CT molecular complexity index is 4130. The number of nitrogens with zero attached hydrogens (tertiary/aromatic N) is 5. The molecule has 3 heterocycles. The van der Waals surface area contributed by atoms with E-state index in [0.29, 0.717) is 5.95 Å². The molecule has 0 atom stereocenters. The van der Waals surface area contributed by atoms with E-state index in [9.17, 15) is 0 Å². The van der Waals surface area contributed by atoms with E-state index in [1.54, 1.807) is 0 Å². The number of hydrogen-bond acceptors (Lipinski definition) is 3. The molecule has 0 saturated carbocycles. The van der Waals surface area contributed by atoms with Gasteiger partial charge in [-0.15, -0.1) is 0 Å². The molecular weight excluding hydrogens is 827 g/mol. The largest absolute Gasteiger partial charge is 0.309 e. The minimum atomic E-state index is 0.561. The van der Waals surface area contributed by atoms with Crippen molar-refractivity contribution in [2.75, 3.05) is 0 Å². The number of rotatable bonds is 6. The van der Waals surface area contributed by atoms with Crippen molar-refractivity contribution in [1.29, 1.82) is 0 Å². The zero-order chi connectivity index (χ0) is 44.7. The second-order valence-corrected chi connectivity index (χ2v) is 17.6. The van der Waals surface area contributed by atoms with Gasteiger partial charge in [0, 0.05) is 56.3 Å². The first kappa shape index (κ1) is 38.1. The van der Waals surface area contributed by atoms with Gasteiger partial charge in [0.25, 0.3) is 0 Å². The smallest absolute Gasteiger partial charge is 0.235 e. The minimum Gasteiger partial charge on any atom is -0.309 e. The average molecular weight is 866 g/mol. The fourth-order valence-electron chi connectivity index (χ4n) is 10.7. The summed E-state index contributed by atoms with van der Waals surface area (Å²) in [5.41, 5.74) is 13.1. The minimum absolute atomic E-state index is 0.561. The van der Waals surface area contributed by atoms with Gasteiger partial charge >= 0.3 is 0 Å². The van der Waals surface area contributed by atoms with Crippen molar-refractivity contribution >= 4 is 75.9 Å². The monoisotopic (exact) mass is 865 g/mol. The number of aromatic nitrogens is 5. The first-order chi connectivity index (χ1) is 33.7. The van der Waals surface area contributed by atoms with E-state index < -0.39 is 0 Å². The van der Waals surface area contributed by atoms with E-state index in [2.05, 4.69) is 234 Å². The molecule has 0 unspecified atom stereocenters. The second-order valence-electron chi connectivity index (χ2n) is 17.6. The lowest BCUT2D eigenvalue weighted by atomic mass is 9.93. The lowest BCUT2D eigenvalue weighted by molar-refractivity contribution is 0.960. The van der Waals surface area contributed by atoms with Crippen LogP contribution in [0, 0.1) is 0 Å². The molecule has 5 nitrogen and oxygen atoms in total. The molecule has 0 bridgehead atoms. The standard InChI is InChI=1S/C63H39N5/c1-3-15-40(16-4-1)43-29-33-57-55(36-43)56-37-44(41-17-5-2-6-18-41)30-34-58(56)67(57)48-31-27-42(28-32-48)62-66-60-53-25-13-11-23-51(53)52-24-12-14-26-54(52)61(60)68(62)63-64-38-47(39-65-63)59-49-21-9-7-19-45(49)35-46-20-8-10-22-50(46)59/h1-39H. The number of imidazole rings is 1. The number of fused-ring (bicyclic) bond motifs is 11.